The van der Waals surface area contributed by atoms with Crippen LogP contribution in [0.15, 0.2) is 48.8 Å². The van der Waals surface area contributed by atoms with Crippen molar-refractivity contribution in [1.29, 1.82) is 0 Å². The van der Waals surface area contributed by atoms with Crippen LogP contribution in [0, 0.1) is 0 Å². The first-order chi connectivity index (χ1) is 12.1. The molecule has 0 N–H and O–H groups in total. The Bertz CT molecular complexity index is 922. The second-order valence-electron chi connectivity index (χ2n) is 6.68. The third-order valence-electron chi connectivity index (χ3n) is 4.93. The molecule has 0 radical (unpaired) electrons. The van der Waals surface area contributed by atoms with Gasteiger partial charge in [0.05, 0.1) is 11.0 Å². The molecule has 1 aliphatic heterocycles. The van der Waals surface area contributed by atoms with Crippen LogP contribution >= 0.6 is 0 Å². The van der Waals surface area contributed by atoms with Gasteiger partial charge in [0.1, 0.15) is 6.33 Å². The minimum Gasteiger partial charge on any atom is -0.369 e. The predicted octanol–water partition coefficient (Wildman–Crippen LogP) is 2.98. The van der Waals surface area contributed by atoms with Gasteiger partial charge in [-0.1, -0.05) is 6.07 Å². The van der Waals surface area contributed by atoms with Crippen LogP contribution < -0.4 is 4.90 Å². The molecule has 1 saturated heterocycles. The largest absolute Gasteiger partial charge is 0.369 e. The summed E-state index contributed by atoms with van der Waals surface area (Å²) < 4.78 is 2.08. The Morgan fingerprint density at radius 2 is 1.76 bits per heavy atom. The van der Waals surface area contributed by atoms with Gasteiger partial charge in [0.25, 0.3) is 0 Å². The molecular weight excluding hydrogens is 312 g/mol. The molecule has 0 spiro atoms. The first-order valence-electron chi connectivity index (χ1n) is 8.64. The maximum absolute atomic E-state index is 11.6. The summed E-state index contributed by atoms with van der Waals surface area (Å²) in [6, 6.07) is 14.3. The summed E-state index contributed by atoms with van der Waals surface area (Å²) in [4.78, 5) is 20.8. The number of benzene rings is 2. The molecule has 128 valence electrons. The smallest absolute Gasteiger partial charge is 0.159 e. The molecule has 0 saturated carbocycles. The Balaban J connectivity index is 1.69. The van der Waals surface area contributed by atoms with Gasteiger partial charge in [-0.2, -0.15) is 0 Å². The average molecular weight is 334 g/mol. The molecule has 25 heavy (non-hydrogen) atoms. The summed E-state index contributed by atoms with van der Waals surface area (Å²) in [6.07, 6.45) is 1.83. The van der Waals surface area contributed by atoms with E-state index < -0.39 is 0 Å². The second-order valence-corrected chi connectivity index (χ2v) is 6.68. The Morgan fingerprint density at radius 1 is 1.00 bits per heavy atom. The Morgan fingerprint density at radius 3 is 2.52 bits per heavy atom. The number of fused-ring (bicyclic) bond motifs is 1. The van der Waals surface area contributed by atoms with Gasteiger partial charge in [-0.25, -0.2) is 4.98 Å². The first-order valence-corrected chi connectivity index (χ1v) is 8.64. The molecule has 0 atom stereocenters. The number of Topliss-reactive ketones (excluding diaryl/α,β-unsaturated/α-hetero) is 1. The van der Waals surface area contributed by atoms with Crippen molar-refractivity contribution in [2.75, 3.05) is 38.1 Å². The number of aromatic nitrogens is 2. The van der Waals surface area contributed by atoms with Crippen LogP contribution in [0.5, 0.6) is 0 Å². The van der Waals surface area contributed by atoms with Gasteiger partial charge in [0, 0.05) is 43.1 Å². The highest BCUT2D eigenvalue weighted by atomic mass is 16.1. The topological polar surface area (TPSA) is 41.4 Å². The van der Waals surface area contributed by atoms with E-state index >= 15 is 0 Å². The molecule has 4 rings (SSSR count). The van der Waals surface area contributed by atoms with Crippen molar-refractivity contribution in [3.8, 4) is 5.69 Å². The highest BCUT2D eigenvalue weighted by Gasteiger charge is 2.15. The van der Waals surface area contributed by atoms with Gasteiger partial charge in [-0.3, -0.25) is 9.36 Å². The molecular formula is C20H22N4O. The number of ketones is 1. The minimum absolute atomic E-state index is 0.0634. The number of nitrogens with zero attached hydrogens (tertiary/aromatic N) is 4. The molecule has 1 fully saturated rings. The van der Waals surface area contributed by atoms with E-state index in [1.54, 1.807) is 6.92 Å². The lowest BCUT2D eigenvalue weighted by Crippen LogP contribution is -2.44. The summed E-state index contributed by atoms with van der Waals surface area (Å²) in [7, 11) is 2.17. The lowest BCUT2D eigenvalue weighted by atomic mass is 10.1. The molecule has 1 aliphatic rings. The van der Waals surface area contributed by atoms with Crippen LogP contribution in [0.4, 0.5) is 5.69 Å². The van der Waals surface area contributed by atoms with E-state index in [2.05, 4.69) is 50.7 Å². The minimum atomic E-state index is 0.0634. The van der Waals surface area contributed by atoms with Crippen LogP contribution in [0.25, 0.3) is 16.7 Å². The number of rotatable bonds is 3. The van der Waals surface area contributed by atoms with Gasteiger partial charge < -0.3 is 9.80 Å². The number of carbonyl (C=O) groups excluding carboxylic acids is 1. The van der Waals surface area contributed by atoms with Crippen molar-refractivity contribution in [2.24, 2.45) is 0 Å². The summed E-state index contributed by atoms with van der Waals surface area (Å²) >= 11 is 0. The normalized spacial score (nSPS) is 15.7. The molecule has 0 bridgehead atoms. The van der Waals surface area contributed by atoms with Crippen molar-refractivity contribution in [3.63, 3.8) is 0 Å². The van der Waals surface area contributed by atoms with Gasteiger partial charge in [-0.05, 0) is 50.4 Å². The quantitative estimate of drug-likeness (QED) is 0.691. The number of hydrogen-bond acceptors (Lipinski definition) is 4. The van der Waals surface area contributed by atoms with Crippen LogP contribution in [0.2, 0.25) is 0 Å². The first kappa shape index (κ1) is 15.8. The van der Waals surface area contributed by atoms with E-state index in [1.165, 1.54) is 5.69 Å². The van der Waals surface area contributed by atoms with Gasteiger partial charge in [0.15, 0.2) is 5.78 Å². The van der Waals surface area contributed by atoms with Crippen molar-refractivity contribution >= 4 is 22.5 Å². The Labute approximate surface area is 147 Å². The number of piperazine rings is 1. The average Bonchev–Trinajstić information content (AvgIpc) is 3.05. The lowest BCUT2D eigenvalue weighted by Gasteiger charge is -2.34. The maximum atomic E-state index is 11.6. The Hall–Kier alpha value is -2.66. The van der Waals surface area contributed by atoms with Gasteiger partial charge in [-0.15, -0.1) is 0 Å². The molecule has 3 aromatic rings. The fourth-order valence-electron chi connectivity index (χ4n) is 3.34. The Kier molecular flexibility index (Phi) is 4.01. The van der Waals surface area contributed by atoms with Crippen LogP contribution in [0.3, 0.4) is 0 Å². The predicted molar refractivity (Wildman–Crippen MR) is 101 cm³/mol. The van der Waals surface area contributed by atoms with Crippen LogP contribution in [-0.2, 0) is 0 Å². The molecule has 5 nitrogen and oxygen atoms in total. The maximum Gasteiger partial charge on any atom is 0.159 e. The van der Waals surface area contributed by atoms with Crippen molar-refractivity contribution in [3.05, 3.63) is 54.4 Å². The van der Waals surface area contributed by atoms with E-state index in [9.17, 15) is 4.79 Å². The summed E-state index contributed by atoms with van der Waals surface area (Å²) in [6.45, 7) is 5.86. The summed E-state index contributed by atoms with van der Waals surface area (Å²) in [5.74, 6) is 0.0634. The number of likely N-dealkylation sites (N-methyl/N-ethyl adjacent to an activating group) is 1. The van der Waals surface area contributed by atoms with E-state index in [4.69, 9.17) is 0 Å². The number of carbonyl (C=O) groups is 1. The highest BCUT2D eigenvalue weighted by Crippen LogP contribution is 2.24. The molecule has 2 heterocycles. The fourth-order valence-corrected chi connectivity index (χ4v) is 3.34. The van der Waals surface area contributed by atoms with Gasteiger partial charge in [0.2, 0.25) is 0 Å². The van der Waals surface area contributed by atoms with Crippen LogP contribution in [-0.4, -0.2) is 53.5 Å². The zero-order chi connectivity index (χ0) is 17.4. The number of anilines is 1. The summed E-state index contributed by atoms with van der Waals surface area (Å²) in [5, 5.41) is 0. The van der Waals surface area contributed by atoms with Crippen molar-refractivity contribution < 1.29 is 4.79 Å². The van der Waals surface area contributed by atoms with Crippen LogP contribution in [0.1, 0.15) is 17.3 Å². The van der Waals surface area contributed by atoms with E-state index in [0.29, 0.717) is 5.56 Å². The second kappa shape index (κ2) is 6.33. The highest BCUT2D eigenvalue weighted by molar-refractivity contribution is 5.97. The lowest BCUT2D eigenvalue weighted by molar-refractivity contribution is 0.101. The zero-order valence-electron chi connectivity index (χ0n) is 14.6. The van der Waals surface area contributed by atoms with Crippen molar-refractivity contribution in [1.82, 2.24) is 14.5 Å². The molecule has 2 aromatic carbocycles. The monoisotopic (exact) mass is 334 g/mol. The number of imidazole rings is 1. The zero-order valence-corrected chi connectivity index (χ0v) is 14.6. The fraction of sp³-hybridized carbons (Fsp3) is 0.300. The third-order valence-corrected chi connectivity index (χ3v) is 4.93. The van der Waals surface area contributed by atoms with E-state index in [-0.39, 0.29) is 5.78 Å². The van der Waals surface area contributed by atoms with Crippen molar-refractivity contribution in [2.45, 2.75) is 6.92 Å². The molecule has 1 aromatic heterocycles. The molecule has 5 heteroatoms. The SMILES string of the molecule is CC(=O)c1ccc2c(c1)ncn2-c1cccc(N2CCN(C)CC2)c1. The number of hydrogen-bond donors (Lipinski definition) is 0. The summed E-state index contributed by atoms with van der Waals surface area (Å²) in [5.41, 5.74) is 4.89. The van der Waals surface area contributed by atoms with E-state index in [0.717, 1.165) is 42.9 Å². The van der Waals surface area contributed by atoms with Gasteiger partial charge >= 0.3 is 0 Å². The molecule has 0 unspecified atom stereocenters. The van der Waals surface area contributed by atoms with E-state index in [1.807, 2.05) is 24.5 Å². The standard InChI is InChI=1S/C20H22N4O/c1-15(25)16-6-7-20-19(12-16)21-14-24(20)18-5-3-4-17(13-18)23-10-8-22(2)9-11-23/h3-7,12-14H,8-11H2,1-2H3. The third kappa shape index (κ3) is 3.03. The molecule has 0 aliphatic carbocycles. The molecule has 0 amide bonds.